The lowest BCUT2D eigenvalue weighted by Gasteiger charge is -2.13. The fourth-order valence-electron chi connectivity index (χ4n) is 3.57. The van der Waals surface area contributed by atoms with Crippen LogP contribution >= 0.6 is 0 Å². The molecule has 0 atom stereocenters. The Morgan fingerprint density at radius 2 is 1.83 bits per heavy atom. The Morgan fingerprint density at radius 1 is 1.03 bits per heavy atom. The molecule has 4 rings (SSSR count). The van der Waals surface area contributed by atoms with Gasteiger partial charge in [0.25, 0.3) is 0 Å². The van der Waals surface area contributed by atoms with Gasteiger partial charge in [0.2, 0.25) is 0 Å². The van der Waals surface area contributed by atoms with Crippen LogP contribution in [-0.2, 0) is 0 Å². The van der Waals surface area contributed by atoms with Crippen LogP contribution in [0.5, 0.6) is 0 Å². The van der Waals surface area contributed by atoms with Gasteiger partial charge >= 0.3 is 0 Å². The van der Waals surface area contributed by atoms with Gasteiger partial charge in [-0.3, -0.25) is 15.2 Å². The molecule has 0 unspecified atom stereocenters. The molecule has 3 aromatic heterocycles. The van der Waals surface area contributed by atoms with Crippen LogP contribution in [0.25, 0.3) is 33.7 Å². The molecule has 1 aromatic carbocycles. The highest BCUT2D eigenvalue weighted by atomic mass is 15.2. The Kier molecular flexibility index (Phi) is 5.14. The smallest absolute Gasteiger partial charge is 0.137 e. The number of rotatable bonds is 5. The van der Waals surface area contributed by atoms with E-state index < -0.39 is 0 Å². The monoisotopic (exact) mass is 383 g/mol. The first-order chi connectivity index (χ1) is 14.1. The van der Waals surface area contributed by atoms with E-state index in [4.69, 9.17) is 10.8 Å². The number of imidazole rings is 1. The van der Waals surface area contributed by atoms with E-state index in [-0.39, 0.29) is 0 Å². The second-order valence-corrected chi connectivity index (χ2v) is 7.15. The van der Waals surface area contributed by atoms with E-state index in [9.17, 15) is 0 Å². The first-order valence-electron chi connectivity index (χ1n) is 9.79. The first kappa shape index (κ1) is 18.9. The minimum absolute atomic E-state index is 0.881. The SMILES string of the molecule is CC/C(C)=C(/NN)c1cnc2ccc(-c3ccccc3-c3cccc(C)n3)cn12. The number of nitrogens with one attached hydrogen (secondary N) is 1. The summed E-state index contributed by atoms with van der Waals surface area (Å²) in [6.45, 7) is 6.21. The summed E-state index contributed by atoms with van der Waals surface area (Å²) in [5.74, 6) is 5.84. The molecule has 0 aliphatic carbocycles. The molecule has 0 amide bonds. The molecule has 0 bridgehead atoms. The van der Waals surface area contributed by atoms with Gasteiger partial charge in [-0.2, -0.15) is 0 Å². The zero-order chi connectivity index (χ0) is 20.4. The van der Waals surface area contributed by atoms with Crippen LogP contribution in [0.15, 0.2) is 72.6 Å². The zero-order valence-electron chi connectivity index (χ0n) is 17.0. The Hall–Kier alpha value is -3.44. The Balaban J connectivity index is 1.90. The van der Waals surface area contributed by atoms with Gasteiger partial charge in [-0.25, -0.2) is 4.98 Å². The number of nitrogens with two attached hydrogens (primary N) is 1. The minimum atomic E-state index is 0.881. The molecule has 0 aliphatic heterocycles. The van der Waals surface area contributed by atoms with Crippen LogP contribution in [0.1, 0.15) is 31.7 Å². The van der Waals surface area contributed by atoms with Crippen molar-refractivity contribution in [1.29, 1.82) is 0 Å². The lowest BCUT2D eigenvalue weighted by Crippen LogP contribution is -2.22. The molecule has 0 spiro atoms. The molecule has 0 radical (unpaired) electrons. The number of hydrogen-bond acceptors (Lipinski definition) is 4. The topological polar surface area (TPSA) is 68.2 Å². The lowest BCUT2D eigenvalue weighted by molar-refractivity contribution is 0.936. The van der Waals surface area contributed by atoms with E-state index in [1.165, 1.54) is 5.57 Å². The van der Waals surface area contributed by atoms with Crippen LogP contribution in [-0.4, -0.2) is 14.4 Å². The molecule has 146 valence electrons. The average molecular weight is 383 g/mol. The molecule has 29 heavy (non-hydrogen) atoms. The molecule has 0 saturated carbocycles. The molecule has 3 heterocycles. The van der Waals surface area contributed by atoms with Gasteiger partial charge in [0.15, 0.2) is 0 Å². The number of allylic oxidation sites excluding steroid dienone is 1. The Morgan fingerprint density at radius 3 is 2.55 bits per heavy atom. The van der Waals surface area contributed by atoms with Crippen molar-refractivity contribution in [2.24, 2.45) is 5.84 Å². The fourth-order valence-corrected chi connectivity index (χ4v) is 3.57. The van der Waals surface area contributed by atoms with Crippen LogP contribution in [0.4, 0.5) is 0 Å². The Labute approximate surface area is 170 Å². The van der Waals surface area contributed by atoms with Crippen LogP contribution < -0.4 is 11.3 Å². The van der Waals surface area contributed by atoms with Gasteiger partial charge in [0.1, 0.15) is 5.65 Å². The highest BCUT2D eigenvalue weighted by Crippen LogP contribution is 2.32. The lowest BCUT2D eigenvalue weighted by atomic mass is 9.98. The predicted octanol–water partition coefficient (Wildman–Crippen LogP) is 4.98. The van der Waals surface area contributed by atoms with E-state index in [0.29, 0.717) is 0 Å². The highest BCUT2D eigenvalue weighted by molar-refractivity contribution is 5.82. The number of pyridine rings is 2. The number of aryl methyl sites for hydroxylation is 1. The van der Waals surface area contributed by atoms with Gasteiger partial charge in [0.05, 0.1) is 23.3 Å². The number of aromatic nitrogens is 3. The van der Waals surface area contributed by atoms with E-state index in [1.54, 1.807) is 0 Å². The maximum Gasteiger partial charge on any atom is 0.137 e. The van der Waals surface area contributed by atoms with Gasteiger partial charge < -0.3 is 5.43 Å². The molecule has 0 aliphatic rings. The van der Waals surface area contributed by atoms with E-state index in [1.807, 2.05) is 37.4 Å². The highest BCUT2D eigenvalue weighted by Gasteiger charge is 2.13. The Bertz CT molecular complexity index is 1200. The second-order valence-electron chi connectivity index (χ2n) is 7.15. The van der Waals surface area contributed by atoms with Crippen molar-refractivity contribution < 1.29 is 0 Å². The maximum atomic E-state index is 5.84. The van der Waals surface area contributed by atoms with Crippen molar-refractivity contribution in [3.63, 3.8) is 0 Å². The maximum absolute atomic E-state index is 5.84. The summed E-state index contributed by atoms with van der Waals surface area (Å²) in [5, 5.41) is 0. The largest absolute Gasteiger partial charge is 0.322 e. The third-order valence-electron chi connectivity index (χ3n) is 5.27. The molecule has 5 nitrogen and oxygen atoms in total. The summed E-state index contributed by atoms with van der Waals surface area (Å²) in [4.78, 5) is 9.27. The molecule has 4 aromatic rings. The number of hydrogen-bond donors (Lipinski definition) is 2. The summed E-state index contributed by atoms with van der Waals surface area (Å²) in [7, 11) is 0. The van der Waals surface area contributed by atoms with E-state index in [0.717, 1.165) is 51.5 Å². The summed E-state index contributed by atoms with van der Waals surface area (Å²) in [6, 6.07) is 18.6. The number of fused-ring (bicyclic) bond motifs is 1. The average Bonchev–Trinajstić information content (AvgIpc) is 3.17. The number of hydrazine groups is 1. The van der Waals surface area contributed by atoms with E-state index in [2.05, 4.69) is 65.2 Å². The third-order valence-corrected chi connectivity index (χ3v) is 5.27. The molecule has 5 heteroatoms. The van der Waals surface area contributed by atoms with Crippen molar-refractivity contribution in [2.45, 2.75) is 27.2 Å². The molecule has 0 fully saturated rings. The fraction of sp³-hybridized carbons (Fsp3) is 0.167. The van der Waals surface area contributed by atoms with Gasteiger partial charge in [0, 0.05) is 17.5 Å². The van der Waals surface area contributed by atoms with E-state index >= 15 is 0 Å². The van der Waals surface area contributed by atoms with Gasteiger partial charge in [-0.05, 0) is 61.2 Å². The summed E-state index contributed by atoms with van der Waals surface area (Å²) < 4.78 is 2.09. The third kappa shape index (κ3) is 3.52. The van der Waals surface area contributed by atoms with Crippen LogP contribution in [0.2, 0.25) is 0 Å². The van der Waals surface area contributed by atoms with Crippen molar-refractivity contribution >= 4 is 11.3 Å². The first-order valence-corrected chi connectivity index (χ1v) is 9.79. The molecule has 3 N–H and O–H groups in total. The van der Waals surface area contributed by atoms with Crippen LogP contribution in [0, 0.1) is 6.92 Å². The molecule has 0 saturated heterocycles. The summed E-state index contributed by atoms with van der Waals surface area (Å²) in [6.07, 6.45) is 4.89. The van der Waals surface area contributed by atoms with Crippen molar-refractivity contribution in [1.82, 2.24) is 19.8 Å². The number of benzene rings is 1. The van der Waals surface area contributed by atoms with Crippen LogP contribution in [0.3, 0.4) is 0 Å². The van der Waals surface area contributed by atoms with Crippen molar-refractivity contribution in [2.75, 3.05) is 0 Å². The van der Waals surface area contributed by atoms with Crippen molar-refractivity contribution in [3.05, 3.63) is 84.0 Å². The molecular weight excluding hydrogens is 358 g/mol. The van der Waals surface area contributed by atoms with Gasteiger partial charge in [-0.1, -0.05) is 37.3 Å². The minimum Gasteiger partial charge on any atom is -0.322 e. The standard InChI is InChI=1S/C24H25N5/c1-4-16(2)24(28-25)22-14-26-23-13-12-18(15-29(22)23)19-9-5-6-10-20(19)21-11-7-8-17(3)27-21/h5-15,28H,4,25H2,1-3H3/b24-16+. The normalized spacial score (nSPS) is 12.1. The quantitative estimate of drug-likeness (QED) is 0.377. The zero-order valence-corrected chi connectivity index (χ0v) is 17.0. The van der Waals surface area contributed by atoms with Crippen molar-refractivity contribution in [3.8, 4) is 22.4 Å². The predicted molar refractivity (Wildman–Crippen MR) is 119 cm³/mol. The summed E-state index contributed by atoms with van der Waals surface area (Å²) >= 11 is 0. The summed E-state index contributed by atoms with van der Waals surface area (Å²) in [5.41, 5.74) is 12.1. The van der Waals surface area contributed by atoms with Gasteiger partial charge in [-0.15, -0.1) is 0 Å². The number of nitrogens with zero attached hydrogens (tertiary/aromatic N) is 3. The second kappa shape index (κ2) is 7.89. The molecular formula is C24H25N5.